The van der Waals surface area contributed by atoms with Crippen LogP contribution in [0.15, 0.2) is 48.5 Å². The molecule has 0 aliphatic rings. The number of esters is 1. The van der Waals surface area contributed by atoms with Crippen molar-refractivity contribution in [2.24, 2.45) is 0 Å². The lowest BCUT2D eigenvalue weighted by Crippen LogP contribution is -2.27. The summed E-state index contributed by atoms with van der Waals surface area (Å²) in [5, 5.41) is 0. The van der Waals surface area contributed by atoms with Gasteiger partial charge in [-0.25, -0.2) is 4.98 Å². The first-order valence-corrected chi connectivity index (χ1v) is 8.64. The highest BCUT2D eigenvalue weighted by atomic mass is 16.6. The predicted octanol–water partition coefficient (Wildman–Crippen LogP) is 3.62. The minimum Gasteiger partial charge on any atom is -0.497 e. The van der Waals surface area contributed by atoms with Gasteiger partial charge < -0.3 is 14.0 Å². The van der Waals surface area contributed by atoms with Crippen molar-refractivity contribution >= 4 is 22.8 Å². The number of carbonyl (C=O) groups excluding carboxylic acids is 2. The van der Waals surface area contributed by atoms with E-state index in [2.05, 4.69) is 4.98 Å². The summed E-state index contributed by atoms with van der Waals surface area (Å²) in [5.74, 6) is 0.132. The van der Waals surface area contributed by atoms with Gasteiger partial charge in [0.1, 0.15) is 17.9 Å². The topological polar surface area (TPSA) is 70.4 Å². The van der Waals surface area contributed by atoms with Crippen molar-refractivity contribution in [3.63, 3.8) is 0 Å². The minimum atomic E-state index is -0.611. The molecular weight excluding hydrogens is 344 g/mol. The molecule has 0 aliphatic carbocycles. The smallest absolute Gasteiger partial charge is 0.326 e. The van der Waals surface area contributed by atoms with Gasteiger partial charge in [-0.15, -0.1) is 0 Å². The molecule has 3 rings (SSSR count). The van der Waals surface area contributed by atoms with Crippen LogP contribution < -0.4 is 4.74 Å². The van der Waals surface area contributed by atoms with Crippen molar-refractivity contribution in [1.29, 1.82) is 0 Å². The van der Waals surface area contributed by atoms with Gasteiger partial charge in [-0.3, -0.25) is 9.59 Å². The maximum Gasteiger partial charge on any atom is 0.326 e. The van der Waals surface area contributed by atoms with Gasteiger partial charge in [0, 0.05) is 11.6 Å². The van der Waals surface area contributed by atoms with Gasteiger partial charge in [0.25, 0.3) is 0 Å². The van der Waals surface area contributed by atoms with Crippen molar-refractivity contribution in [2.75, 3.05) is 7.11 Å². The van der Waals surface area contributed by atoms with Crippen LogP contribution in [0.2, 0.25) is 0 Å². The Bertz CT molecular complexity index is 985. The van der Waals surface area contributed by atoms with Crippen LogP contribution in [0.1, 0.15) is 37.0 Å². The average molecular weight is 366 g/mol. The molecule has 140 valence electrons. The van der Waals surface area contributed by atoms with Gasteiger partial charge in [0.05, 0.1) is 18.1 Å². The standard InChI is InChI=1S/C21H22N2O4/c1-21(2,3)27-18(24)13-23-17-11-10-15(26-4)12-16(17)22-20(23)19(25)14-8-6-5-7-9-14/h5-12H,13H2,1-4H3. The third-order valence-electron chi connectivity index (χ3n) is 3.90. The molecule has 0 fully saturated rings. The first kappa shape index (κ1) is 18.6. The zero-order chi connectivity index (χ0) is 19.6. The van der Waals surface area contributed by atoms with E-state index in [1.807, 2.05) is 6.07 Å². The summed E-state index contributed by atoms with van der Waals surface area (Å²) in [7, 11) is 1.56. The highest BCUT2D eigenvalue weighted by Gasteiger charge is 2.23. The molecule has 0 unspecified atom stereocenters. The summed E-state index contributed by atoms with van der Waals surface area (Å²) >= 11 is 0. The number of carbonyl (C=O) groups is 2. The summed E-state index contributed by atoms with van der Waals surface area (Å²) in [4.78, 5) is 29.9. The Kier molecular flexibility index (Phi) is 4.99. The van der Waals surface area contributed by atoms with Crippen molar-refractivity contribution in [3.8, 4) is 5.75 Å². The number of hydrogen-bond donors (Lipinski definition) is 0. The van der Waals surface area contributed by atoms with E-state index in [9.17, 15) is 9.59 Å². The zero-order valence-corrected chi connectivity index (χ0v) is 15.9. The SMILES string of the molecule is COc1ccc2c(c1)nc(C(=O)c1ccccc1)n2CC(=O)OC(C)(C)C. The van der Waals surface area contributed by atoms with Crippen LogP contribution in [-0.2, 0) is 16.1 Å². The van der Waals surface area contributed by atoms with Crippen LogP contribution >= 0.6 is 0 Å². The lowest BCUT2D eigenvalue weighted by atomic mass is 10.1. The molecule has 0 saturated heterocycles. The van der Waals surface area contributed by atoms with Gasteiger partial charge in [0.2, 0.25) is 5.78 Å². The number of imidazole rings is 1. The highest BCUT2D eigenvalue weighted by Crippen LogP contribution is 2.24. The second kappa shape index (κ2) is 7.23. The predicted molar refractivity (Wildman–Crippen MR) is 102 cm³/mol. The summed E-state index contributed by atoms with van der Waals surface area (Å²) in [6.07, 6.45) is 0. The summed E-state index contributed by atoms with van der Waals surface area (Å²) in [6.45, 7) is 5.31. The Labute approximate surface area is 157 Å². The second-order valence-corrected chi connectivity index (χ2v) is 7.16. The van der Waals surface area contributed by atoms with Crippen molar-refractivity contribution in [1.82, 2.24) is 9.55 Å². The number of fused-ring (bicyclic) bond motifs is 1. The number of rotatable bonds is 5. The minimum absolute atomic E-state index is 0.103. The van der Waals surface area contributed by atoms with Gasteiger partial charge in [-0.2, -0.15) is 0 Å². The van der Waals surface area contributed by atoms with Crippen molar-refractivity contribution in [3.05, 3.63) is 59.9 Å². The van der Waals surface area contributed by atoms with E-state index in [1.54, 1.807) is 74.9 Å². The molecular formula is C21H22N2O4. The van der Waals surface area contributed by atoms with E-state index in [1.165, 1.54) is 0 Å². The zero-order valence-electron chi connectivity index (χ0n) is 15.9. The number of nitrogens with zero attached hydrogens (tertiary/aromatic N) is 2. The normalized spacial score (nSPS) is 11.4. The van der Waals surface area contributed by atoms with Crippen molar-refractivity contribution in [2.45, 2.75) is 32.9 Å². The Morgan fingerprint density at radius 3 is 2.41 bits per heavy atom. The number of ether oxygens (including phenoxy) is 2. The van der Waals surface area contributed by atoms with Crippen LogP contribution in [0.3, 0.4) is 0 Å². The van der Waals surface area contributed by atoms with Crippen LogP contribution in [-0.4, -0.2) is 34.0 Å². The third-order valence-corrected chi connectivity index (χ3v) is 3.90. The molecule has 0 aliphatic heterocycles. The lowest BCUT2D eigenvalue weighted by molar-refractivity contribution is -0.155. The largest absolute Gasteiger partial charge is 0.497 e. The van der Waals surface area contributed by atoms with E-state index >= 15 is 0 Å². The van der Waals surface area contributed by atoms with Gasteiger partial charge in [-0.1, -0.05) is 30.3 Å². The number of methoxy groups -OCH3 is 1. The lowest BCUT2D eigenvalue weighted by Gasteiger charge is -2.20. The molecule has 6 nitrogen and oxygen atoms in total. The highest BCUT2D eigenvalue weighted by molar-refractivity contribution is 6.08. The fourth-order valence-electron chi connectivity index (χ4n) is 2.79. The monoisotopic (exact) mass is 366 g/mol. The Hall–Kier alpha value is -3.15. The van der Waals surface area contributed by atoms with E-state index in [-0.39, 0.29) is 18.2 Å². The first-order chi connectivity index (χ1) is 12.8. The molecule has 0 amide bonds. The molecule has 1 aromatic heterocycles. The van der Waals surface area contributed by atoms with Crippen LogP contribution in [0.4, 0.5) is 0 Å². The van der Waals surface area contributed by atoms with Gasteiger partial charge >= 0.3 is 5.97 Å². The van der Waals surface area contributed by atoms with E-state index in [0.29, 0.717) is 22.3 Å². The first-order valence-electron chi connectivity index (χ1n) is 8.64. The fraction of sp³-hybridized carbons (Fsp3) is 0.286. The van der Waals surface area contributed by atoms with Gasteiger partial charge in [0.15, 0.2) is 5.82 Å². The number of aromatic nitrogens is 2. The molecule has 0 bridgehead atoms. The maximum atomic E-state index is 13.0. The van der Waals surface area contributed by atoms with E-state index in [4.69, 9.17) is 9.47 Å². The average Bonchev–Trinajstić information content (AvgIpc) is 2.97. The number of benzene rings is 2. The number of ketones is 1. The molecule has 27 heavy (non-hydrogen) atoms. The molecule has 0 N–H and O–H groups in total. The molecule has 0 radical (unpaired) electrons. The Balaban J connectivity index is 2.08. The molecule has 0 atom stereocenters. The van der Waals surface area contributed by atoms with E-state index < -0.39 is 11.6 Å². The fourth-order valence-corrected chi connectivity index (χ4v) is 2.79. The summed E-state index contributed by atoms with van der Waals surface area (Å²) in [6, 6.07) is 14.2. The van der Waals surface area contributed by atoms with Crippen LogP contribution in [0.5, 0.6) is 5.75 Å². The molecule has 1 heterocycles. The third kappa shape index (κ3) is 4.16. The summed E-state index contributed by atoms with van der Waals surface area (Å²) < 4.78 is 12.3. The second-order valence-electron chi connectivity index (χ2n) is 7.16. The van der Waals surface area contributed by atoms with Crippen molar-refractivity contribution < 1.29 is 19.1 Å². The Morgan fingerprint density at radius 2 is 1.78 bits per heavy atom. The van der Waals surface area contributed by atoms with Gasteiger partial charge in [-0.05, 0) is 32.9 Å². The number of hydrogen-bond acceptors (Lipinski definition) is 5. The molecule has 0 saturated carbocycles. The quantitative estimate of drug-likeness (QED) is 0.509. The molecule has 6 heteroatoms. The Morgan fingerprint density at radius 1 is 1.07 bits per heavy atom. The molecule has 2 aromatic carbocycles. The molecule has 3 aromatic rings. The maximum absolute atomic E-state index is 13.0. The summed E-state index contributed by atoms with van der Waals surface area (Å²) in [5.41, 5.74) is 1.14. The van der Waals surface area contributed by atoms with E-state index in [0.717, 1.165) is 0 Å². The van der Waals surface area contributed by atoms with Crippen LogP contribution in [0, 0.1) is 0 Å². The molecule has 0 spiro atoms. The van der Waals surface area contributed by atoms with Crippen LogP contribution in [0.25, 0.3) is 11.0 Å².